The van der Waals surface area contributed by atoms with Gasteiger partial charge in [0.1, 0.15) is 15.4 Å². The number of carbonyl (C=O) groups is 1. The van der Waals surface area contributed by atoms with Gasteiger partial charge in [-0.1, -0.05) is 11.3 Å². The van der Waals surface area contributed by atoms with Gasteiger partial charge in [-0.2, -0.15) is 0 Å². The van der Waals surface area contributed by atoms with Crippen LogP contribution in [0.2, 0.25) is 0 Å². The molecule has 20 heavy (non-hydrogen) atoms. The molecule has 0 saturated carbocycles. The van der Waals surface area contributed by atoms with E-state index in [0.29, 0.717) is 16.4 Å². The van der Waals surface area contributed by atoms with Gasteiger partial charge in [0.25, 0.3) is 0 Å². The van der Waals surface area contributed by atoms with Crippen molar-refractivity contribution in [3.8, 4) is 10.6 Å². The highest BCUT2D eigenvalue weighted by atomic mass is 32.1. The smallest absolute Gasteiger partial charge is 0.336 e. The van der Waals surface area contributed by atoms with Gasteiger partial charge in [0, 0.05) is 11.8 Å². The van der Waals surface area contributed by atoms with Gasteiger partial charge in [0.2, 0.25) is 0 Å². The lowest BCUT2D eigenvalue weighted by Crippen LogP contribution is -2.02. The molecule has 1 N–H and O–H groups in total. The quantitative estimate of drug-likeness (QED) is 0.787. The molecule has 0 saturated heterocycles. The monoisotopic (exact) mass is 292 g/mol. The molecule has 2 aromatic heterocycles. The molecule has 0 atom stereocenters. The Morgan fingerprint density at radius 1 is 1.25 bits per heavy atom. The average molecular weight is 292 g/mol. The van der Waals surface area contributed by atoms with Gasteiger partial charge in [0.05, 0.1) is 5.56 Å². The van der Waals surface area contributed by atoms with Crippen molar-refractivity contribution in [3.05, 3.63) is 47.7 Å². The number of pyridine rings is 1. The fourth-order valence-electron chi connectivity index (χ4n) is 1.79. The first-order valence-electron chi connectivity index (χ1n) is 5.50. The summed E-state index contributed by atoms with van der Waals surface area (Å²) in [5.41, 5.74) is 0.288. The number of aromatic nitrogens is 2. The summed E-state index contributed by atoms with van der Waals surface area (Å²) in [6, 6.07) is 4.90. The van der Waals surface area contributed by atoms with Crippen molar-refractivity contribution >= 4 is 27.7 Å². The lowest BCUT2D eigenvalue weighted by atomic mass is 10.1. The lowest BCUT2D eigenvalue weighted by molar-refractivity contribution is 0.0697. The molecule has 0 aliphatic carbocycles. The Hall–Kier alpha value is -2.41. The van der Waals surface area contributed by atoms with E-state index >= 15 is 0 Å². The van der Waals surface area contributed by atoms with Crippen molar-refractivity contribution in [2.24, 2.45) is 0 Å². The highest BCUT2D eigenvalue weighted by Crippen LogP contribution is 2.32. The van der Waals surface area contributed by atoms with Crippen LogP contribution in [-0.2, 0) is 0 Å². The number of hydrogen-bond donors (Lipinski definition) is 1. The molecule has 4 nitrogen and oxygen atoms in total. The van der Waals surface area contributed by atoms with Gasteiger partial charge >= 0.3 is 5.97 Å². The molecule has 1 aromatic carbocycles. The van der Waals surface area contributed by atoms with E-state index in [1.807, 2.05) is 0 Å². The molecule has 0 fully saturated rings. The van der Waals surface area contributed by atoms with E-state index < -0.39 is 17.6 Å². The van der Waals surface area contributed by atoms with Crippen LogP contribution in [0.5, 0.6) is 0 Å². The summed E-state index contributed by atoms with van der Waals surface area (Å²) in [4.78, 5) is 20.0. The van der Waals surface area contributed by atoms with Crippen LogP contribution in [0.1, 0.15) is 10.4 Å². The molecule has 0 bridgehead atoms. The maximum absolute atomic E-state index is 13.4. The number of nitrogens with zero attached hydrogens (tertiary/aromatic N) is 2. The third-order valence-corrected chi connectivity index (χ3v) is 3.70. The summed E-state index contributed by atoms with van der Waals surface area (Å²) in [5.74, 6) is -3.66. The van der Waals surface area contributed by atoms with Crippen LogP contribution in [0.3, 0.4) is 0 Å². The topological polar surface area (TPSA) is 63.1 Å². The van der Waals surface area contributed by atoms with Crippen LogP contribution in [0.25, 0.3) is 20.9 Å². The van der Waals surface area contributed by atoms with Crippen LogP contribution in [0, 0.1) is 11.6 Å². The number of carboxylic acids is 1. The van der Waals surface area contributed by atoms with E-state index in [1.54, 1.807) is 18.3 Å². The molecule has 100 valence electrons. The van der Waals surface area contributed by atoms with Crippen molar-refractivity contribution in [1.29, 1.82) is 0 Å². The Morgan fingerprint density at radius 3 is 2.70 bits per heavy atom. The fraction of sp³-hybridized carbons (Fsp3) is 0. The fourth-order valence-corrected chi connectivity index (χ4v) is 2.72. The molecular formula is C13H6F2N2O2S. The van der Waals surface area contributed by atoms with Crippen molar-refractivity contribution in [2.75, 3.05) is 0 Å². The highest BCUT2D eigenvalue weighted by molar-refractivity contribution is 7.21. The second-order valence-corrected chi connectivity index (χ2v) is 4.94. The number of fused-ring (bicyclic) bond motifs is 1. The zero-order valence-electron chi connectivity index (χ0n) is 9.80. The predicted molar refractivity (Wildman–Crippen MR) is 69.7 cm³/mol. The summed E-state index contributed by atoms with van der Waals surface area (Å²) in [6.45, 7) is 0. The minimum Gasteiger partial charge on any atom is -0.478 e. The molecule has 0 aliphatic rings. The van der Waals surface area contributed by atoms with Crippen molar-refractivity contribution in [1.82, 2.24) is 9.97 Å². The number of halogens is 2. The Balaban J connectivity index is 2.27. The van der Waals surface area contributed by atoms with Crippen LogP contribution >= 0.6 is 11.3 Å². The molecule has 7 heteroatoms. The molecule has 3 rings (SSSR count). The molecule has 0 radical (unpaired) electrons. The molecule has 0 aliphatic heterocycles. The van der Waals surface area contributed by atoms with Crippen LogP contribution in [0.4, 0.5) is 8.78 Å². The molecule has 2 heterocycles. The van der Waals surface area contributed by atoms with Crippen molar-refractivity contribution < 1.29 is 18.7 Å². The summed E-state index contributed by atoms with van der Waals surface area (Å²) in [7, 11) is 0. The SMILES string of the molecule is O=C(O)c1cc(F)c(F)cc1-c1nc2cccnc2s1. The number of carboxylic acid groups (broad SMARTS) is 1. The van der Waals surface area contributed by atoms with Gasteiger partial charge in [-0.25, -0.2) is 23.5 Å². The first kappa shape index (κ1) is 12.6. The first-order valence-corrected chi connectivity index (χ1v) is 6.32. The van der Waals surface area contributed by atoms with Gasteiger partial charge < -0.3 is 5.11 Å². The van der Waals surface area contributed by atoms with Crippen LogP contribution in [-0.4, -0.2) is 21.0 Å². The number of benzene rings is 1. The van der Waals surface area contributed by atoms with Gasteiger partial charge in [0.15, 0.2) is 11.6 Å². The second kappa shape index (κ2) is 4.61. The molecule has 0 spiro atoms. The third-order valence-electron chi connectivity index (χ3n) is 2.69. The average Bonchev–Trinajstić information content (AvgIpc) is 2.84. The van der Waals surface area contributed by atoms with Crippen molar-refractivity contribution in [2.45, 2.75) is 0 Å². The van der Waals surface area contributed by atoms with E-state index in [2.05, 4.69) is 9.97 Å². The Morgan fingerprint density at radius 2 is 2.00 bits per heavy atom. The largest absolute Gasteiger partial charge is 0.478 e. The number of hydrogen-bond acceptors (Lipinski definition) is 4. The second-order valence-electron chi connectivity index (χ2n) is 3.96. The maximum atomic E-state index is 13.4. The molecular weight excluding hydrogens is 286 g/mol. The van der Waals surface area contributed by atoms with E-state index in [1.165, 1.54) is 0 Å². The summed E-state index contributed by atoms with van der Waals surface area (Å²) in [6.07, 6.45) is 1.58. The first-order chi connectivity index (χ1) is 9.56. The van der Waals surface area contributed by atoms with Crippen LogP contribution < -0.4 is 0 Å². The molecule has 0 unspecified atom stereocenters. The standard InChI is InChI=1S/C13H6F2N2O2S/c14-8-4-6(7(13(18)19)5-9(8)15)11-17-10-2-1-3-16-12(10)20-11/h1-5H,(H,18,19). The summed E-state index contributed by atoms with van der Waals surface area (Å²) >= 11 is 1.12. The van der Waals surface area contributed by atoms with Crippen LogP contribution in [0.15, 0.2) is 30.5 Å². The molecule has 3 aromatic rings. The Kier molecular flexibility index (Phi) is 2.90. The predicted octanol–water partition coefficient (Wildman–Crippen LogP) is 3.33. The number of aromatic carboxylic acids is 1. The Bertz CT molecular complexity index is 799. The van der Waals surface area contributed by atoms with E-state index in [4.69, 9.17) is 5.11 Å². The zero-order valence-corrected chi connectivity index (χ0v) is 10.6. The van der Waals surface area contributed by atoms with E-state index in [9.17, 15) is 13.6 Å². The maximum Gasteiger partial charge on any atom is 0.336 e. The van der Waals surface area contributed by atoms with E-state index in [0.717, 1.165) is 17.4 Å². The summed E-state index contributed by atoms with van der Waals surface area (Å²) < 4.78 is 26.5. The zero-order chi connectivity index (χ0) is 14.3. The van der Waals surface area contributed by atoms with E-state index in [-0.39, 0.29) is 16.1 Å². The van der Waals surface area contributed by atoms with Gasteiger partial charge in [-0.15, -0.1) is 0 Å². The highest BCUT2D eigenvalue weighted by Gasteiger charge is 2.19. The summed E-state index contributed by atoms with van der Waals surface area (Å²) in [5, 5.41) is 9.38. The van der Waals surface area contributed by atoms with Crippen molar-refractivity contribution in [3.63, 3.8) is 0 Å². The Labute approximate surface area is 115 Å². The number of rotatable bonds is 2. The third kappa shape index (κ3) is 2.01. The van der Waals surface area contributed by atoms with Gasteiger partial charge in [-0.3, -0.25) is 0 Å². The van der Waals surface area contributed by atoms with Gasteiger partial charge in [-0.05, 0) is 24.3 Å². The minimum atomic E-state index is -1.34. The lowest BCUT2D eigenvalue weighted by Gasteiger charge is -2.03. The number of thiazole rings is 1. The normalized spacial score (nSPS) is 10.9. The molecule has 0 amide bonds. The minimum absolute atomic E-state index is 0.0411.